The molecule has 4 heteroatoms. The summed E-state index contributed by atoms with van der Waals surface area (Å²) in [5.41, 5.74) is 2.41. The van der Waals surface area contributed by atoms with Crippen LogP contribution in [0.2, 0.25) is 0 Å². The van der Waals surface area contributed by atoms with Gasteiger partial charge in [-0.3, -0.25) is 0 Å². The lowest BCUT2D eigenvalue weighted by atomic mass is 10.1. The van der Waals surface area contributed by atoms with Gasteiger partial charge in [-0.15, -0.1) is 0 Å². The van der Waals surface area contributed by atoms with Crippen molar-refractivity contribution in [2.75, 3.05) is 12.4 Å². The van der Waals surface area contributed by atoms with Crippen LogP contribution >= 0.6 is 11.8 Å². The van der Waals surface area contributed by atoms with Crippen LogP contribution in [0.5, 0.6) is 0 Å². The van der Waals surface area contributed by atoms with Gasteiger partial charge >= 0.3 is 0 Å². The number of rotatable bonds is 5. The molecule has 106 valence electrons. The van der Waals surface area contributed by atoms with Crippen LogP contribution in [0.1, 0.15) is 19.8 Å². The van der Waals surface area contributed by atoms with Crippen molar-refractivity contribution >= 4 is 11.8 Å². The summed E-state index contributed by atoms with van der Waals surface area (Å²) < 4.78 is 8.11. The topological polar surface area (TPSA) is 27.1 Å². The smallest absolute Gasteiger partial charge is 0.168 e. The van der Waals surface area contributed by atoms with E-state index in [2.05, 4.69) is 40.7 Å². The minimum Gasteiger partial charge on any atom is -0.376 e. The normalized spacial score (nSPS) is 18.6. The van der Waals surface area contributed by atoms with Crippen LogP contribution < -0.4 is 0 Å². The maximum atomic E-state index is 5.79. The first kappa shape index (κ1) is 13.7. The Morgan fingerprint density at radius 1 is 1.35 bits per heavy atom. The van der Waals surface area contributed by atoms with Gasteiger partial charge in [0.1, 0.15) is 0 Å². The van der Waals surface area contributed by atoms with Gasteiger partial charge in [0.05, 0.1) is 24.5 Å². The van der Waals surface area contributed by atoms with Crippen molar-refractivity contribution in [1.29, 1.82) is 0 Å². The fourth-order valence-corrected chi connectivity index (χ4v) is 3.32. The predicted molar refractivity (Wildman–Crippen MR) is 83.0 cm³/mol. The molecule has 20 heavy (non-hydrogen) atoms. The Labute approximate surface area is 124 Å². The third kappa shape index (κ3) is 2.91. The fraction of sp³-hybridized carbons (Fsp3) is 0.438. The molecule has 0 amide bonds. The van der Waals surface area contributed by atoms with Gasteiger partial charge in [0.2, 0.25) is 0 Å². The van der Waals surface area contributed by atoms with Gasteiger partial charge in [-0.25, -0.2) is 4.98 Å². The fourth-order valence-electron chi connectivity index (χ4n) is 2.61. The first-order chi connectivity index (χ1) is 9.88. The van der Waals surface area contributed by atoms with Gasteiger partial charge in [-0.1, -0.05) is 49.0 Å². The summed E-state index contributed by atoms with van der Waals surface area (Å²) >= 11 is 1.80. The van der Waals surface area contributed by atoms with E-state index in [1.165, 1.54) is 17.7 Å². The highest BCUT2D eigenvalue weighted by molar-refractivity contribution is 7.99. The number of aromatic nitrogens is 2. The third-order valence-electron chi connectivity index (χ3n) is 3.57. The summed E-state index contributed by atoms with van der Waals surface area (Å²) in [5.74, 6) is 1.04. The van der Waals surface area contributed by atoms with Crippen molar-refractivity contribution in [2.45, 2.75) is 37.6 Å². The standard InChI is InChI=1S/C16H20N2OS/c1-2-20-16-17-11-15(13-7-4-3-5-8-13)18(16)12-14-9-6-10-19-14/h3-5,7-8,11,14H,2,6,9-10,12H2,1H3/t14-/m1/s1. The largest absolute Gasteiger partial charge is 0.376 e. The van der Waals surface area contributed by atoms with E-state index in [9.17, 15) is 0 Å². The Bertz CT molecular complexity index is 547. The zero-order chi connectivity index (χ0) is 13.8. The lowest BCUT2D eigenvalue weighted by Gasteiger charge is -2.15. The zero-order valence-electron chi connectivity index (χ0n) is 11.8. The van der Waals surface area contributed by atoms with E-state index in [-0.39, 0.29) is 0 Å². The van der Waals surface area contributed by atoms with E-state index in [1.54, 1.807) is 11.8 Å². The summed E-state index contributed by atoms with van der Waals surface area (Å²) in [6.07, 6.45) is 4.66. The molecular formula is C16H20N2OS. The quantitative estimate of drug-likeness (QED) is 0.782. The molecule has 0 spiro atoms. The molecule has 1 aliphatic rings. The summed E-state index contributed by atoms with van der Waals surface area (Å²) in [5, 5.41) is 1.10. The van der Waals surface area contributed by atoms with Crippen LogP contribution in [0.4, 0.5) is 0 Å². The van der Waals surface area contributed by atoms with Gasteiger partial charge in [0.25, 0.3) is 0 Å². The van der Waals surface area contributed by atoms with Gasteiger partial charge < -0.3 is 9.30 Å². The molecule has 1 atom stereocenters. The van der Waals surface area contributed by atoms with Crippen molar-refractivity contribution in [3.8, 4) is 11.3 Å². The van der Waals surface area contributed by atoms with E-state index in [4.69, 9.17) is 4.74 Å². The Morgan fingerprint density at radius 3 is 2.90 bits per heavy atom. The van der Waals surface area contributed by atoms with Crippen LogP contribution in [0.25, 0.3) is 11.3 Å². The molecule has 1 saturated heterocycles. The molecule has 1 aliphatic heterocycles. The molecule has 1 fully saturated rings. The second kappa shape index (κ2) is 6.46. The minimum absolute atomic E-state index is 0.336. The number of hydrogen-bond donors (Lipinski definition) is 0. The summed E-state index contributed by atoms with van der Waals surface area (Å²) in [6.45, 7) is 3.97. The number of nitrogens with zero attached hydrogens (tertiary/aromatic N) is 2. The second-order valence-corrected chi connectivity index (χ2v) is 6.20. The molecule has 0 unspecified atom stereocenters. The first-order valence-corrected chi connectivity index (χ1v) is 8.22. The van der Waals surface area contributed by atoms with Crippen LogP contribution in [-0.4, -0.2) is 28.0 Å². The molecule has 0 aliphatic carbocycles. The Hall–Kier alpha value is -1.26. The van der Waals surface area contributed by atoms with E-state index in [0.717, 1.165) is 30.5 Å². The molecule has 3 nitrogen and oxygen atoms in total. The van der Waals surface area contributed by atoms with Gasteiger partial charge in [-0.2, -0.15) is 0 Å². The van der Waals surface area contributed by atoms with E-state index >= 15 is 0 Å². The third-order valence-corrected chi connectivity index (χ3v) is 4.44. The number of benzene rings is 1. The maximum Gasteiger partial charge on any atom is 0.168 e. The molecule has 3 rings (SSSR count). The highest BCUT2D eigenvalue weighted by Gasteiger charge is 2.20. The van der Waals surface area contributed by atoms with Crippen molar-refractivity contribution < 1.29 is 4.74 Å². The second-order valence-electron chi connectivity index (χ2n) is 4.97. The maximum absolute atomic E-state index is 5.79. The van der Waals surface area contributed by atoms with Gasteiger partial charge in [-0.05, 0) is 24.2 Å². The van der Waals surface area contributed by atoms with Crippen LogP contribution in [0.3, 0.4) is 0 Å². The summed E-state index contributed by atoms with van der Waals surface area (Å²) in [4.78, 5) is 4.59. The molecule has 0 N–H and O–H groups in total. The summed E-state index contributed by atoms with van der Waals surface area (Å²) in [7, 11) is 0. The Balaban J connectivity index is 1.92. The molecule has 0 radical (unpaired) electrons. The molecule has 0 saturated carbocycles. The number of imidazole rings is 1. The number of ether oxygens (including phenoxy) is 1. The monoisotopic (exact) mass is 288 g/mol. The number of thioether (sulfide) groups is 1. The lowest BCUT2D eigenvalue weighted by molar-refractivity contribution is 0.0954. The minimum atomic E-state index is 0.336. The average Bonchev–Trinajstić information content (AvgIpc) is 3.12. The van der Waals surface area contributed by atoms with Gasteiger partial charge in [0, 0.05) is 6.61 Å². The van der Waals surface area contributed by atoms with Crippen molar-refractivity contribution in [2.24, 2.45) is 0 Å². The SMILES string of the molecule is CCSc1ncc(-c2ccccc2)n1C[C@H]1CCCO1. The summed E-state index contributed by atoms with van der Waals surface area (Å²) in [6, 6.07) is 10.5. The van der Waals surface area contributed by atoms with Crippen molar-refractivity contribution in [3.05, 3.63) is 36.5 Å². The molecule has 2 aromatic rings. The van der Waals surface area contributed by atoms with Gasteiger partial charge in [0.15, 0.2) is 5.16 Å². The average molecular weight is 288 g/mol. The zero-order valence-corrected chi connectivity index (χ0v) is 12.6. The van der Waals surface area contributed by atoms with E-state index in [1.807, 2.05) is 12.3 Å². The Morgan fingerprint density at radius 2 is 2.20 bits per heavy atom. The Kier molecular flexibility index (Phi) is 4.43. The van der Waals surface area contributed by atoms with Crippen LogP contribution in [0.15, 0.2) is 41.7 Å². The molecule has 0 bridgehead atoms. The van der Waals surface area contributed by atoms with E-state index < -0.39 is 0 Å². The van der Waals surface area contributed by atoms with Crippen molar-refractivity contribution in [1.82, 2.24) is 9.55 Å². The van der Waals surface area contributed by atoms with Crippen LogP contribution in [0, 0.1) is 0 Å². The number of hydrogen-bond acceptors (Lipinski definition) is 3. The molecule has 2 heterocycles. The highest BCUT2D eigenvalue weighted by atomic mass is 32.2. The van der Waals surface area contributed by atoms with E-state index in [0.29, 0.717) is 6.10 Å². The molecule has 1 aromatic carbocycles. The molecule has 1 aromatic heterocycles. The predicted octanol–water partition coefficient (Wildman–Crippen LogP) is 3.84. The van der Waals surface area contributed by atoms with Crippen LogP contribution in [-0.2, 0) is 11.3 Å². The molecular weight excluding hydrogens is 268 g/mol. The van der Waals surface area contributed by atoms with Crippen molar-refractivity contribution in [3.63, 3.8) is 0 Å². The lowest BCUT2D eigenvalue weighted by Crippen LogP contribution is -2.16. The first-order valence-electron chi connectivity index (χ1n) is 7.24. The highest BCUT2D eigenvalue weighted by Crippen LogP contribution is 2.28.